The number of hydrogen-bond donors (Lipinski definition) is 2. The average Bonchev–Trinajstić information content (AvgIpc) is 3.18. The lowest BCUT2D eigenvalue weighted by Crippen LogP contribution is -2.42. The molecule has 0 spiro atoms. The number of H-pyrrole nitrogens is 1. The number of hydrogen-bond acceptors (Lipinski definition) is 5. The van der Waals surface area contributed by atoms with Crippen LogP contribution in [-0.2, 0) is 6.42 Å². The first-order valence-electron chi connectivity index (χ1n) is 11.2. The maximum absolute atomic E-state index is 13.5. The summed E-state index contributed by atoms with van der Waals surface area (Å²) in [7, 11) is 1.45. The molecule has 0 fully saturated rings. The van der Waals surface area contributed by atoms with E-state index in [1.54, 1.807) is 6.07 Å². The van der Waals surface area contributed by atoms with E-state index >= 15 is 0 Å². The lowest BCUT2D eigenvalue weighted by Gasteiger charge is -2.36. The van der Waals surface area contributed by atoms with E-state index in [0.29, 0.717) is 49.5 Å². The Labute approximate surface area is 195 Å². The molecule has 3 heterocycles. The average molecular weight is 481 g/mol. The summed E-state index contributed by atoms with van der Waals surface area (Å²) in [5.74, 6) is 0.676. The van der Waals surface area contributed by atoms with Crippen molar-refractivity contribution in [3.05, 3.63) is 53.3 Å². The maximum atomic E-state index is 13.5. The highest BCUT2D eigenvalue weighted by Crippen LogP contribution is 2.42. The highest BCUT2D eigenvalue weighted by Gasteiger charge is 2.40. The molecular weight excluding hydrogens is 452 g/mol. The van der Waals surface area contributed by atoms with Gasteiger partial charge in [0.05, 0.1) is 32.6 Å². The lowest BCUT2D eigenvalue weighted by molar-refractivity contribution is -0.150. The van der Waals surface area contributed by atoms with Crippen LogP contribution in [0, 0.1) is 0 Å². The van der Waals surface area contributed by atoms with Crippen LogP contribution >= 0.6 is 0 Å². The van der Waals surface area contributed by atoms with Crippen molar-refractivity contribution < 1.29 is 27.0 Å². The quantitative estimate of drug-likeness (QED) is 0.333. The minimum Gasteiger partial charge on any atom is -0.491 e. The number of para-hydroxylation sites is 1. The Morgan fingerprint density at radius 3 is 2.82 bits per heavy atom. The van der Waals surface area contributed by atoms with Crippen molar-refractivity contribution >= 4 is 10.9 Å². The Balaban J connectivity index is 1.68. The summed E-state index contributed by atoms with van der Waals surface area (Å²) in [5, 5.41) is 4.08. The van der Waals surface area contributed by atoms with Crippen molar-refractivity contribution in [2.75, 3.05) is 46.6 Å². The third kappa shape index (κ3) is 5.44. The summed E-state index contributed by atoms with van der Waals surface area (Å²) in [5.41, 5.74) is 3.10. The smallest absolute Gasteiger partial charge is 0.401 e. The molecule has 1 atom stereocenters. The number of nitrogens with zero attached hydrogens (tertiary/aromatic N) is 2. The Bertz CT molecular complexity index is 1100. The van der Waals surface area contributed by atoms with Gasteiger partial charge in [-0.25, -0.2) is 4.98 Å². The minimum atomic E-state index is -4.36. The van der Waals surface area contributed by atoms with Crippen LogP contribution in [0.3, 0.4) is 0 Å². The molecule has 3 aromatic rings. The summed E-state index contributed by atoms with van der Waals surface area (Å²) in [6.45, 7) is 0.172. The highest BCUT2D eigenvalue weighted by atomic mass is 19.4. The highest BCUT2D eigenvalue weighted by molar-refractivity contribution is 5.85. The minimum absolute atomic E-state index is 0.242. The molecule has 2 aromatic heterocycles. The van der Waals surface area contributed by atoms with E-state index in [0.717, 1.165) is 16.5 Å². The Kier molecular flexibility index (Phi) is 7.57. The number of aromatic nitrogens is 2. The number of ether oxygens (including phenoxy) is 2. The van der Waals surface area contributed by atoms with Crippen molar-refractivity contribution in [1.82, 2.24) is 20.2 Å². The number of fused-ring (bicyclic) bond motifs is 3. The van der Waals surface area contributed by atoms with Gasteiger partial charge in [-0.3, -0.25) is 9.29 Å². The fourth-order valence-electron chi connectivity index (χ4n) is 4.50. The normalized spacial score (nSPS) is 16.6. The molecule has 1 aliphatic heterocycles. The molecule has 0 saturated heterocycles. The summed E-state index contributed by atoms with van der Waals surface area (Å²) in [4.78, 5) is 9.07. The number of aromatic amines is 1. The molecule has 0 saturated carbocycles. The van der Waals surface area contributed by atoms with Crippen molar-refractivity contribution in [2.24, 2.45) is 0 Å². The van der Waals surface area contributed by atoms with Crippen LogP contribution in [0.1, 0.15) is 29.3 Å². The largest absolute Gasteiger partial charge is 0.491 e. The van der Waals surface area contributed by atoms with Crippen LogP contribution in [0.4, 0.5) is 17.6 Å². The topological polar surface area (TPSA) is 62.4 Å². The van der Waals surface area contributed by atoms with E-state index in [9.17, 15) is 17.6 Å². The van der Waals surface area contributed by atoms with Crippen LogP contribution in [0.15, 0.2) is 36.5 Å². The van der Waals surface area contributed by atoms with Gasteiger partial charge in [0.2, 0.25) is 5.88 Å². The van der Waals surface area contributed by atoms with E-state index in [2.05, 4.69) is 15.3 Å². The zero-order valence-electron chi connectivity index (χ0n) is 18.9. The molecule has 1 aromatic carbocycles. The monoisotopic (exact) mass is 480 g/mol. The predicted octanol–water partition coefficient (Wildman–Crippen LogP) is 4.41. The molecule has 10 heteroatoms. The molecule has 1 aliphatic rings. The van der Waals surface area contributed by atoms with Crippen LogP contribution in [0.5, 0.6) is 11.6 Å². The Morgan fingerprint density at radius 1 is 1.24 bits per heavy atom. The van der Waals surface area contributed by atoms with Gasteiger partial charge < -0.3 is 19.8 Å². The number of nitrogens with one attached hydrogen (secondary N) is 2. The fourth-order valence-corrected chi connectivity index (χ4v) is 4.50. The number of pyridine rings is 1. The van der Waals surface area contributed by atoms with Crippen LogP contribution in [0.25, 0.3) is 10.9 Å². The van der Waals surface area contributed by atoms with E-state index in [1.165, 1.54) is 18.2 Å². The number of methoxy groups -OCH3 is 1. The molecule has 0 aliphatic carbocycles. The van der Waals surface area contributed by atoms with E-state index in [-0.39, 0.29) is 19.1 Å². The number of benzene rings is 1. The molecule has 0 radical (unpaired) electrons. The molecule has 6 nitrogen and oxygen atoms in total. The lowest BCUT2D eigenvalue weighted by atomic mass is 9.92. The van der Waals surface area contributed by atoms with Gasteiger partial charge in [0, 0.05) is 35.2 Å². The SMILES string of the molecule is COc1ncc(OCCNCCCF)cc1[C@@H]1c2[nH]c3ccccc3c2CCN1CC(F)(F)F. The number of alkyl halides is 4. The van der Waals surface area contributed by atoms with E-state index < -0.39 is 18.8 Å². The zero-order chi connectivity index (χ0) is 24.1. The molecule has 4 rings (SSSR count). The third-order valence-electron chi connectivity index (χ3n) is 5.89. The van der Waals surface area contributed by atoms with Gasteiger partial charge in [-0.2, -0.15) is 13.2 Å². The molecule has 34 heavy (non-hydrogen) atoms. The van der Waals surface area contributed by atoms with Gasteiger partial charge in [0.1, 0.15) is 12.4 Å². The van der Waals surface area contributed by atoms with E-state index in [1.807, 2.05) is 24.3 Å². The molecular formula is C24H28F4N4O2. The van der Waals surface area contributed by atoms with Crippen LogP contribution in [-0.4, -0.2) is 67.6 Å². The van der Waals surface area contributed by atoms with Gasteiger partial charge >= 0.3 is 6.18 Å². The Morgan fingerprint density at radius 2 is 2.06 bits per heavy atom. The first-order valence-corrected chi connectivity index (χ1v) is 11.2. The zero-order valence-corrected chi connectivity index (χ0v) is 18.9. The third-order valence-corrected chi connectivity index (χ3v) is 5.89. The van der Waals surface area contributed by atoms with Crippen molar-refractivity contribution in [3.63, 3.8) is 0 Å². The van der Waals surface area contributed by atoms with Crippen molar-refractivity contribution in [2.45, 2.75) is 25.1 Å². The summed E-state index contributed by atoms with van der Waals surface area (Å²) >= 11 is 0. The molecule has 0 unspecified atom stereocenters. The maximum Gasteiger partial charge on any atom is 0.401 e. The second-order valence-corrected chi connectivity index (χ2v) is 8.21. The summed E-state index contributed by atoms with van der Waals surface area (Å²) in [6, 6.07) is 8.68. The van der Waals surface area contributed by atoms with E-state index in [4.69, 9.17) is 9.47 Å². The van der Waals surface area contributed by atoms with Crippen molar-refractivity contribution in [3.8, 4) is 11.6 Å². The van der Waals surface area contributed by atoms with Gasteiger partial charge in [-0.05, 0) is 37.1 Å². The standard InChI is InChI=1S/C24H28F4N4O2/c1-33-23-19(13-16(14-30-23)34-12-10-29-9-4-8-25)22-21-18(7-11-32(22)15-24(26,27)28)17-5-2-3-6-20(17)31-21/h2-3,5-6,13-14,22,29,31H,4,7-12,15H2,1H3/t22-/m1/s1. The molecule has 0 bridgehead atoms. The van der Waals surface area contributed by atoms with Gasteiger partial charge in [0.15, 0.2) is 0 Å². The van der Waals surface area contributed by atoms with Gasteiger partial charge in [-0.1, -0.05) is 18.2 Å². The second-order valence-electron chi connectivity index (χ2n) is 8.21. The van der Waals surface area contributed by atoms with Crippen LogP contribution in [0.2, 0.25) is 0 Å². The summed E-state index contributed by atoms with van der Waals surface area (Å²) in [6.07, 6.45) is -1.94. The first kappa shape index (κ1) is 24.3. The van der Waals surface area contributed by atoms with Gasteiger partial charge in [0.25, 0.3) is 0 Å². The van der Waals surface area contributed by atoms with Crippen molar-refractivity contribution in [1.29, 1.82) is 0 Å². The van der Waals surface area contributed by atoms with Crippen LogP contribution < -0.4 is 14.8 Å². The number of rotatable bonds is 10. The number of halogens is 4. The fraction of sp³-hybridized carbons (Fsp3) is 0.458. The van der Waals surface area contributed by atoms with Gasteiger partial charge in [-0.15, -0.1) is 0 Å². The predicted molar refractivity (Wildman–Crippen MR) is 121 cm³/mol. The second kappa shape index (κ2) is 10.6. The molecule has 2 N–H and O–H groups in total. The molecule has 0 amide bonds. The Hall–Kier alpha value is -2.85. The summed E-state index contributed by atoms with van der Waals surface area (Å²) < 4.78 is 64.0. The molecule has 184 valence electrons. The first-order chi connectivity index (χ1) is 16.4.